The molecule has 16 heavy (non-hydrogen) atoms. The molecule has 1 saturated heterocycles. The van der Waals surface area contributed by atoms with Crippen LogP contribution in [0.5, 0.6) is 0 Å². The van der Waals surface area contributed by atoms with E-state index in [0.29, 0.717) is 25.1 Å². The van der Waals surface area contributed by atoms with Crippen molar-refractivity contribution in [1.82, 2.24) is 4.98 Å². The van der Waals surface area contributed by atoms with Crippen LogP contribution in [0, 0.1) is 0 Å². The topological polar surface area (TPSA) is 60.6 Å². The molecule has 1 aromatic heterocycles. The highest BCUT2D eigenvalue weighted by atomic mass is 16.5. The van der Waals surface area contributed by atoms with Crippen LogP contribution < -0.4 is 10.6 Å². The molecule has 5 nitrogen and oxygen atoms in total. The minimum atomic E-state index is 0.313. The largest absolute Gasteiger partial charge is 0.384 e. The van der Waals surface area contributed by atoms with Gasteiger partial charge in [-0.1, -0.05) is 0 Å². The van der Waals surface area contributed by atoms with Crippen molar-refractivity contribution in [3.8, 4) is 0 Å². The predicted molar refractivity (Wildman–Crippen MR) is 62.5 cm³/mol. The van der Waals surface area contributed by atoms with Crippen molar-refractivity contribution in [2.45, 2.75) is 6.10 Å². The minimum Gasteiger partial charge on any atom is -0.384 e. The second-order valence-electron chi connectivity index (χ2n) is 3.83. The fourth-order valence-corrected chi connectivity index (χ4v) is 1.64. The number of hydrogen-bond acceptors (Lipinski definition) is 5. The van der Waals surface area contributed by atoms with Crippen molar-refractivity contribution in [2.75, 3.05) is 44.0 Å². The maximum absolute atomic E-state index is 5.58. The van der Waals surface area contributed by atoms with Gasteiger partial charge >= 0.3 is 0 Å². The first-order valence-corrected chi connectivity index (χ1v) is 5.36. The Balaban J connectivity index is 1.73. The molecule has 1 fully saturated rings. The molecular weight excluding hydrogens is 206 g/mol. The van der Waals surface area contributed by atoms with E-state index in [1.54, 1.807) is 13.3 Å². The van der Waals surface area contributed by atoms with Gasteiger partial charge < -0.3 is 20.1 Å². The van der Waals surface area contributed by atoms with Gasteiger partial charge in [0.25, 0.3) is 0 Å². The van der Waals surface area contributed by atoms with E-state index in [2.05, 4.69) is 9.88 Å². The third kappa shape index (κ3) is 2.62. The van der Waals surface area contributed by atoms with Gasteiger partial charge in [0.15, 0.2) is 0 Å². The van der Waals surface area contributed by atoms with Gasteiger partial charge in [-0.3, -0.25) is 0 Å². The van der Waals surface area contributed by atoms with Crippen LogP contribution in [0.15, 0.2) is 18.3 Å². The Kier molecular flexibility index (Phi) is 3.58. The molecule has 0 unspecified atom stereocenters. The monoisotopic (exact) mass is 223 g/mol. The van der Waals surface area contributed by atoms with Crippen LogP contribution in [0.2, 0.25) is 0 Å². The summed E-state index contributed by atoms with van der Waals surface area (Å²) < 4.78 is 10.5. The summed E-state index contributed by atoms with van der Waals surface area (Å²) in [6.07, 6.45) is 2.11. The number of nitrogens with two attached hydrogens (primary N) is 1. The molecule has 2 heterocycles. The highest BCUT2D eigenvalue weighted by Gasteiger charge is 2.27. The molecule has 0 aromatic carbocycles. The first kappa shape index (κ1) is 11.2. The predicted octanol–water partition coefficient (Wildman–Crippen LogP) is 0.515. The van der Waals surface area contributed by atoms with Crippen molar-refractivity contribution in [3.05, 3.63) is 18.3 Å². The second kappa shape index (κ2) is 5.14. The number of nitrogens with zero attached hydrogens (tertiary/aromatic N) is 2. The lowest BCUT2D eigenvalue weighted by atomic mass is 10.1. The van der Waals surface area contributed by atoms with E-state index in [0.717, 1.165) is 18.8 Å². The molecule has 1 aliphatic heterocycles. The van der Waals surface area contributed by atoms with Crippen LogP contribution in [0.25, 0.3) is 0 Å². The molecule has 2 rings (SSSR count). The van der Waals surface area contributed by atoms with Crippen molar-refractivity contribution in [2.24, 2.45) is 0 Å². The number of rotatable bonds is 5. The van der Waals surface area contributed by atoms with E-state index in [4.69, 9.17) is 15.2 Å². The maximum Gasteiger partial charge on any atom is 0.123 e. The van der Waals surface area contributed by atoms with E-state index in [1.807, 2.05) is 12.1 Å². The fourth-order valence-electron chi connectivity index (χ4n) is 1.64. The normalized spacial score (nSPS) is 16.2. The summed E-state index contributed by atoms with van der Waals surface area (Å²) >= 11 is 0. The quantitative estimate of drug-likeness (QED) is 0.737. The molecule has 0 aliphatic carbocycles. The Labute approximate surface area is 95.2 Å². The van der Waals surface area contributed by atoms with Crippen LogP contribution in [-0.2, 0) is 9.47 Å². The summed E-state index contributed by atoms with van der Waals surface area (Å²) in [5, 5.41) is 0. The van der Waals surface area contributed by atoms with E-state index in [-0.39, 0.29) is 0 Å². The van der Waals surface area contributed by atoms with Crippen LogP contribution in [0.3, 0.4) is 0 Å². The summed E-state index contributed by atoms with van der Waals surface area (Å²) in [6, 6.07) is 3.79. The second-order valence-corrected chi connectivity index (χ2v) is 3.83. The first-order valence-electron chi connectivity index (χ1n) is 5.36. The molecule has 0 spiro atoms. The summed E-state index contributed by atoms with van der Waals surface area (Å²) in [5.41, 5.74) is 6.62. The molecule has 0 amide bonds. The summed E-state index contributed by atoms with van der Waals surface area (Å²) in [5.74, 6) is 0.553. The highest BCUT2D eigenvalue weighted by molar-refractivity contribution is 5.50. The van der Waals surface area contributed by atoms with E-state index in [1.165, 1.54) is 0 Å². The Morgan fingerprint density at radius 2 is 2.25 bits per heavy atom. The molecule has 0 saturated carbocycles. The third-order valence-electron chi connectivity index (χ3n) is 2.62. The molecule has 0 radical (unpaired) electrons. The van der Waals surface area contributed by atoms with Gasteiger partial charge in [0, 0.05) is 20.2 Å². The first-order chi connectivity index (χ1) is 7.79. The zero-order chi connectivity index (χ0) is 11.4. The SMILES string of the molecule is COCCOC1CN(c2ccc(N)nc2)C1. The summed E-state index contributed by atoms with van der Waals surface area (Å²) in [7, 11) is 1.68. The average molecular weight is 223 g/mol. The molecule has 5 heteroatoms. The summed E-state index contributed by atoms with van der Waals surface area (Å²) in [4.78, 5) is 6.27. The van der Waals surface area contributed by atoms with Gasteiger partial charge in [-0.25, -0.2) is 4.98 Å². The fraction of sp³-hybridized carbons (Fsp3) is 0.545. The third-order valence-corrected chi connectivity index (χ3v) is 2.62. The number of aromatic nitrogens is 1. The van der Waals surface area contributed by atoms with Crippen molar-refractivity contribution in [1.29, 1.82) is 0 Å². The molecule has 1 aromatic rings. The number of pyridine rings is 1. The molecule has 2 N–H and O–H groups in total. The van der Waals surface area contributed by atoms with Gasteiger partial charge in [-0.15, -0.1) is 0 Å². The van der Waals surface area contributed by atoms with Crippen molar-refractivity contribution in [3.63, 3.8) is 0 Å². The Morgan fingerprint density at radius 1 is 1.44 bits per heavy atom. The smallest absolute Gasteiger partial charge is 0.123 e. The Hall–Kier alpha value is -1.33. The molecular formula is C11H17N3O2. The lowest BCUT2D eigenvalue weighted by Gasteiger charge is -2.40. The maximum atomic E-state index is 5.58. The van der Waals surface area contributed by atoms with E-state index < -0.39 is 0 Å². The molecule has 0 bridgehead atoms. The summed E-state index contributed by atoms with van der Waals surface area (Å²) in [6.45, 7) is 3.14. The zero-order valence-corrected chi connectivity index (χ0v) is 9.43. The molecule has 88 valence electrons. The minimum absolute atomic E-state index is 0.313. The van der Waals surface area contributed by atoms with Gasteiger partial charge in [0.05, 0.1) is 31.2 Å². The van der Waals surface area contributed by atoms with Gasteiger partial charge in [-0.2, -0.15) is 0 Å². The zero-order valence-electron chi connectivity index (χ0n) is 9.43. The van der Waals surface area contributed by atoms with Gasteiger partial charge in [-0.05, 0) is 12.1 Å². The van der Waals surface area contributed by atoms with Crippen molar-refractivity contribution >= 4 is 11.5 Å². The number of hydrogen-bond donors (Lipinski definition) is 1. The number of nitrogen functional groups attached to an aromatic ring is 1. The van der Waals surface area contributed by atoms with Crippen LogP contribution >= 0.6 is 0 Å². The highest BCUT2D eigenvalue weighted by Crippen LogP contribution is 2.21. The average Bonchev–Trinajstić information content (AvgIpc) is 2.23. The van der Waals surface area contributed by atoms with E-state index in [9.17, 15) is 0 Å². The Morgan fingerprint density at radius 3 is 2.88 bits per heavy atom. The molecule has 1 aliphatic rings. The van der Waals surface area contributed by atoms with Crippen molar-refractivity contribution < 1.29 is 9.47 Å². The van der Waals surface area contributed by atoms with E-state index >= 15 is 0 Å². The van der Waals surface area contributed by atoms with Crippen LogP contribution in [0.4, 0.5) is 11.5 Å². The van der Waals surface area contributed by atoms with Crippen LogP contribution in [-0.4, -0.2) is 44.5 Å². The lowest BCUT2D eigenvalue weighted by molar-refractivity contribution is 0.00398. The number of ether oxygens (including phenoxy) is 2. The standard InChI is InChI=1S/C11H17N3O2/c1-15-4-5-16-10-7-14(8-10)9-2-3-11(12)13-6-9/h2-3,6,10H,4-5,7-8H2,1H3,(H2,12,13). The molecule has 0 atom stereocenters. The lowest BCUT2D eigenvalue weighted by Crippen LogP contribution is -2.52. The number of methoxy groups -OCH3 is 1. The van der Waals surface area contributed by atoms with Gasteiger partial charge in [0.2, 0.25) is 0 Å². The van der Waals surface area contributed by atoms with Crippen LogP contribution in [0.1, 0.15) is 0 Å². The van der Waals surface area contributed by atoms with Gasteiger partial charge in [0.1, 0.15) is 5.82 Å². The Bertz CT molecular complexity index is 323. The number of anilines is 2.